The summed E-state index contributed by atoms with van der Waals surface area (Å²) in [5.41, 5.74) is 0.644. The van der Waals surface area contributed by atoms with E-state index in [0.717, 1.165) is 12.8 Å². The number of anilines is 1. The summed E-state index contributed by atoms with van der Waals surface area (Å²) in [6.45, 7) is 5.16. The van der Waals surface area contributed by atoms with E-state index in [1.54, 1.807) is 36.4 Å². The third-order valence-electron chi connectivity index (χ3n) is 4.72. The van der Waals surface area contributed by atoms with Gasteiger partial charge in [0, 0.05) is 32.5 Å². The first-order chi connectivity index (χ1) is 14.0. The fourth-order valence-electron chi connectivity index (χ4n) is 2.96. The van der Waals surface area contributed by atoms with Crippen molar-refractivity contribution in [1.29, 1.82) is 0 Å². The summed E-state index contributed by atoms with van der Waals surface area (Å²) in [4.78, 5) is 32.7. The van der Waals surface area contributed by atoms with Crippen molar-refractivity contribution < 1.29 is 9.53 Å². The van der Waals surface area contributed by atoms with Gasteiger partial charge in [0.1, 0.15) is 15.8 Å². The van der Waals surface area contributed by atoms with E-state index in [-0.39, 0.29) is 17.5 Å². The second-order valence-corrected chi connectivity index (χ2v) is 8.37. The Morgan fingerprint density at radius 2 is 2.17 bits per heavy atom. The van der Waals surface area contributed by atoms with Crippen molar-refractivity contribution in [2.45, 2.75) is 32.7 Å². The van der Waals surface area contributed by atoms with E-state index in [2.05, 4.69) is 10.3 Å². The Morgan fingerprint density at radius 3 is 2.90 bits per heavy atom. The number of methoxy groups -OCH3 is 1. The molecule has 0 aliphatic carbocycles. The SMILES string of the molecule is CC[C@H](C)N1C(=O)/C(=C/c2c(NCCCOC)nc3ccccn3c2=O)SC1=S. The molecule has 2 aromatic heterocycles. The van der Waals surface area contributed by atoms with Crippen molar-refractivity contribution in [1.82, 2.24) is 14.3 Å². The average molecular weight is 433 g/mol. The van der Waals surface area contributed by atoms with Crippen LogP contribution in [0, 0.1) is 0 Å². The molecule has 1 amide bonds. The summed E-state index contributed by atoms with van der Waals surface area (Å²) in [7, 11) is 1.64. The van der Waals surface area contributed by atoms with Crippen LogP contribution >= 0.6 is 24.0 Å². The number of fused-ring (bicyclic) bond motifs is 1. The van der Waals surface area contributed by atoms with Gasteiger partial charge in [0.25, 0.3) is 11.5 Å². The van der Waals surface area contributed by atoms with Crippen LogP contribution in [-0.4, -0.2) is 50.8 Å². The molecule has 0 saturated carbocycles. The Balaban J connectivity index is 2.04. The molecule has 2 aromatic rings. The van der Waals surface area contributed by atoms with Crippen LogP contribution < -0.4 is 10.9 Å². The van der Waals surface area contributed by atoms with E-state index in [0.29, 0.717) is 39.4 Å². The number of carbonyl (C=O) groups is 1. The third kappa shape index (κ3) is 4.52. The molecule has 29 heavy (non-hydrogen) atoms. The summed E-state index contributed by atoms with van der Waals surface area (Å²) in [5.74, 6) is 0.281. The molecular weight excluding hydrogens is 408 g/mol. The van der Waals surface area contributed by atoms with Crippen LogP contribution in [0.25, 0.3) is 11.7 Å². The molecule has 0 bridgehead atoms. The minimum atomic E-state index is -0.237. The van der Waals surface area contributed by atoms with Crippen LogP contribution in [0.15, 0.2) is 34.1 Å². The summed E-state index contributed by atoms with van der Waals surface area (Å²) < 4.78 is 7.06. The zero-order valence-corrected chi connectivity index (χ0v) is 18.3. The lowest BCUT2D eigenvalue weighted by Crippen LogP contribution is -2.36. The van der Waals surface area contributed by atoms with Gasteiger partial charge in [0.05, 0.1) is 10.5 Å². The maximum atomic E-state index is 13.1. The predicted molar refractivity (Wildman–Crippen MR) is 121 cm³/mol. The Labute approximate surface area is 179 Å². The van der Waals surface area contributed by atoms with E-state index >= 15 is 0 Å². The second kappa shape index (κ2) is 9.51. The lowest BCUT2D eigenvalue weighted by Gasteiger charge is -2.21. The molecule has 1 fully saturated rings. The van der Waals surface area contributed by atoms with Crippen molar-refractivity contribution in [3.63, 3.8) is 0 Å². The number of carbonyl (C=O) groups excluding carboxylic acids is 1. The number of hydrogen-bond donors (Lipinski definition) is 1. The average Bonchev–Trinajstić information content (AvgIpc) is 3.00. The first kappa shape index (κ1) is 21.5. The van der Waals surface area contributed by atoms with Gasteiger partial charge in [0.15, 0.2) is 0 Å². The van der Waals surface area contributed by atoms with Gasteiger partial charge < -0.3 is 10.1 Å². The zero-order chi connectivity index (χ0) is 21.0. The number of hydrogen-bond acceptors (Lipinski definition) is 7. The molecule has 1 N–H and O–H groups in total. The monoisotopic (exact) mass is 432 g/mol. The van der Waals surface area contributed by atoms with Gasteiger partial charge in [-0.15, -0.1) is 0 Å². The van der Waals surface area contributed by atoms with Crippen LogP contribution in [0.5, 0.6) is 0 Å². The summed E-state index contributed by atoms with van der Waals surface area (Å²) >= 11 is 6.61. The normalized spacial score (nSPS) is 16.8. The molecule has 0 spiro atoms. The van der Waals surface area contributed by atoms with Crippen molar-refractivity contribution in [2.75, 3.05) is 25.6 Å². The highest BCUT2D eigenvalue weighted by molar-refractivity contribution is 8.26. The molecular formula is C20H24N4O3S2. The summed E-state index contributed by atoms with van der Waals surface area (Å²) in [5, 5.41) is 3.21. The van der Waals surface area contributed by atoms with Crippen LogP contribution in [0.2, 0.25) is 0 Å². The summed E-state index contributed by atoms with van der Waals surface area (Å²) in [6.07, 6.45) is 4.84. The van der Waals surface area contributed by atoms with E-state index in [1.807, 2.05) is 19.9 Å². The smallest absolute Gasteiger partial charge is 0.267 e. The van der Waals surface area contributed by atoms with Crippen LogP contribution in [0.3, 0.4) is 0 Å². The van der Waals surface area contributed by atoms with E-state index in [4.69, 9.17) is 17.0 Å². The van der Waals surface area contributed by atoms with E-state index in [1.165, 1.54) is 16.2 Å². The maximum absolute atomic E-state index is 13.1. The van der Waals surface area contributed by atoms with Crippen LogP contribution in [-0.2, 0) is 9.53 Å². The third-order valence-corrected chi connectivity index (χ3v) is 6.05. The van der Waals surface area contributed by atoms with Gasteiger partial charge in [-0.2, -0.15) is 0 Å². The zero-order valence-electron chi connectivity index (χ0n) is 16.7. The molecule has 0 unspecified atom stereocenters. The fourth-order valence-corrected chi connectivity index (χ4v) is 4.41. The van der Waals surface area contributed by atoms with E-state index in [9.17, 15) is 9.59 Å². The first-order valence-electron chi connectivity index (χ1n) is 9.49. The number of thiocarbonyl (C=S) groups is 1. The molecule has 154 valence electrons. The number of nitrogens with one attached hydrogen (secondary N) is 1. The molecule has 1 atom stereocenters. The number of nitrogens with zero attached hydrogens (tertiary/aromatic N) is 3. The molecule has 1 aliphatic heterocycles. The topological polar surface area (TPSA) is 75.9 Å². The lowest BCUT2D eigenvalue weighted by molar-refractivity contribution is -0.123. The summed E-state index contributed by atoms with van der Waals surface area (Å²) in [6, 6.07) is 5.38. The Hall–Kier alpha value is -2.23. The highest BCUT2D eigenvalue weighted by Gasteiger charge is 2.35. The van der Waals surface area contributed by atoms with Crippen molar-refractivity contribution in [3.05, 3.63) is 45.2 Å². The number of amides is 1. The van der Waals surface area contributed by atoms with Gasteiger partial charge in [-0.1, -0.05) is 37.0 Å². The minimum Gasteiger partial charge on any atom is -0.385 e. The maximum Gasteiger partial charge on any atom is 0.267 e. The largest absolute Gasteiger partial charge is 0.385 e. The van der Waals surface area contributed by atoms with Gasteiger partial charge in [0.2, 0.25) is 0 Å². The van der Waals surface area contributed by atoms with E-state index < -0.39 is 0 Å². The molecule has 7 nitrogen and oxygen atoms in total. The molecule has 9 heteroatoms. The van der Waals surface area contributed by atoms with Crippen molar-refractivity contribution in [2.24, 2.45) is 0 Å². The molecule has 0 radical (unpaired) electrons. The van der Waals surface area contributed by atoms with Crippen LogP contribution in [0.4, 0.5) is 5.82 Å². The number of ether oxygens (including phenoxy) is 1. The second-order valence-electron chi connectivity index (χ2n) is 6.69. The van der Waals surface area contributed by atoms with Gasteiger partial charge in [-0.05, 0) is 38.0 Å². The Morgan fingerprint density at radius 1 is 1.38 bits per heavy atom. The standard InChI is InChI=1S/C20H24N4O3S2/c1-4-13(2)24-19(26)15(29-20(24)28)12-14-17(21-9-7-11-27-3)22-16-8-5-6-10-23(16)18(14)25/h5-6,8,10,12-13,21H,4,7,9,11H2,1-3H3/b15-12-/t13-/m0/s1. The van der Waals surface area contributed by atoms with Gasteiger partial charge >= 0.3 is 0 Å². The van der Waals surface area contributed by atoms with Crippen molar-refractivity contribution in [3.8, 4) is 0 Å². The Bertz CT molecular complexity index is 1020. The Kier molecular flexibility index (Phi) is 7.05. The predicted octanol–water partition coefficient (Wildman–Crippen LogP) is 3.14. The number of thioether (sulfide) groups is 1. The molecule has 1 aliphatic rings. The highest BCUT2D eigenvalue weighted by Crippen LogP contribution is 2.34. The number of pyridine rings is 1. The molecule has 3 heterocycles. The number of aromatic nitrogens is 2. The number of rotatable bonds is 8. The minimum absolute atomic E-state index is 0.0101. The van der Waals surface area contributed by atoms with Gasteiger partial charge in [-0.25, -0.2) is 4.98 Å². The molecule has 1 saturated heterocycles. The lowest BCUT2D eigenvalue weighted by atomic mass is 10.2. The molecule has 3 rings (SSSR count). The van der Waals surface area contributed by atoms with Crippen LogP contribution in [0.1, 0.15) is 32.3 Å². The molecule has 0 aromatic carbocycles. The highest BCUT2D eigenvalue weighted by atomic mass is 32.2. The fraction of sp³-hybridized carbons (Fsp3) is 0.400. The van der Waals surface area contributed by atoms with Gasteiger partial charge in [-0.3, -0.25) is 18.9 Å². The van der Waals surface area contributed by atoms with Crippen molar-refractivity contribution >= 4 is 51.7 Å². The first-order valence-corrected chi connectivity index (χ1v) is 10.7. The quantitative estimate of drug-likeness (QED) is 0.390.